The number of unbranched alkanes of at least 4 members (excludes halogenated alkanes) is 21. The Kier molecular flexibility index (Phi) is 31.1. The molecule has 0 aromatic rings. The molecule has 0 aliphatic rings. The fourth-order valence-electron chi connectivity index (χ4n) is 5.35. The van der Waals surface area contributed by atoms with Gasteiger partial charge in [0.15, 0.2) is 0 Å². The molecular weight excluding hydrogens is 496 g/mol. The third kappa shape index (κ3) is 31.2. The second kappa shape index (κ2) is 32.2. The first-order valence-corrected chi connectivity index (χ1v) is 17.7. The second-order valence-electron chi connectivity index (χ2n) is 12.1. The minimum atomic E-state index is -0.711. The number of rotatable bonds is 32. The number of carboxylic acid groups (broad SMARTS) is 1. The molecule has 1 atom stereocenters. The van der Waals surface area contributed by atoms with Crippen LogP contribution in [0.15, 0.2) is 12.2 Å². The third-order valence-electron chi connectivity index (χ3n) is 7.99. The van der Waals surface area contributed by atoms with Crippen molar-refractivity contribution in [2.45, 2.75) is 206 Å². The molecule has 0 aromatic heterocycles. The van der Waals surface area contributed by atoms with Crippen LogP contribution in [0.1, 0.15) is 200 Å². The Morgan fingerprint density at radius 3 is 1.35 bits per heavy atom. The van der Waals surface area contributed by atoms with E-state index in [1.807, 2.05) is 0 Å². The molecule has 40 heavy (non-hydrogen) atoms. The molecule has 1 N–H and O–H groups in total. The molecule has 0 radical (unpaired) electrons. The van der Waals surface area contributed by atoms with E-state index in [0.29, 0.717) is 6.42 Å². The Bertz CT molecular complexity index is 571. The molecule has 0 saturated carbocycles. The number of carbonyl (C=O) groups excluding carboxylic acids is 1. The summed E-state index contributed by atoms with van der Waals surface area (Å²) in [6.07, 6.45) is 38.0. The van der Waals surface area contributed by atoms with Gasteiger partial charge in [-0.3, -0.25) is 9.59 Å². The SMILES string of the molecule is CCCCCCCC/C=C\CCCCCCCCCC(=O)OC(CCCCCCCC)CCCCCCC(=O)O. The molecule has 0 spiro atoms. The highest BCUT2D eigenvalue weighted by Gasteiger charge is 2.14. The van der Waals surface area contributed by atoms with Crippen molar-refractivity contribution in [2.24, 2.45) is 0 Å². The van der Waals surface area contributed by atoms with Crippen molar-refractivity contribution in [1.82, 2.24) is 0 Å². The van der Waals surface area contributed by atoms with Crippen LogP contribution >= 0.6 is 0 Å². The summed E-state index contributed by atoms with van der Waals surface area (Å²) in [6, 6.07) is 0. The van der Waals surface area contributed by atoms with Crippen LogP contribution in [0.5, 0.6) is 0 Å². The summed E-state index contributed by atoms with van der Waals surface area (Å²) in [7, 11) is 0. The van der Waals surface area contributed by atoms with Crippen molar-refractivity contribution in [3.05, 3.63) is 12.2 Å². The Labute approximate surface area is 249 Å². The quantitative estimate of drug-likeness (QED) is 0.0501. The van der Waals surface area contributed by atoms with E-state index in [-0.39, 0.29) is 18.5 Å². The monoisotopic (exact) mass is 565 g/mol. The van der Waals surface area contributed by atoms with Crippen LogP contribution in [0.3, 0.4) is 0 Å². The summed E-state index contributed by atoms with van der Waals surface area (Å²) in [5.41, 5.74) is 0. The summed E-state index contributed by atoms with van der Waals surface area (Å²) in [5.74, 6) is -0.730. The lowest BCUT2D eigenvalue weighted by Crippen LogP contribution is -2.18. The van der Waals surface area contributed by atoms with Gasteiger partial charge in [0.1, 0.15) is 6.10 Å². The van der Waals surface area contributed by atoms with Crippen molar-refractivity contribution < 1.29 is 19.4 Å². The van der Waals surface area contributed by atoms with Crippen LogP contribution in [0.2, 0.25) is 0 Å². The summed E-state index contributed by atoms with van der Waals surface area (Å²) in [6.45, 7) is 4.51. The number of hydrogen-bond donors (Lipinski definition) is 1. The van der Waals surface area contributed by atoms with Gasteiger partial charge >= 0.3 is 11.9 Å². The van der Waals surface area contributed by atoms with Crippen molar-refractivity contribution >= 4 is 11.9 Å². The zero-order valence-corrected chi connectivity index (χ0v) is 26.9. The highest BCUT2D eigenvalue weighted by molar-refractivity contribution is 5.69. The van der Waals surface area contributed by atoms with Crippen LogP contribution in [-0.4, -0.2) is 23.1 Å². The molecular formula is C36H68O4. The van der Waals surface area contributed by atoms with Crippen molar-refractivity contribution in [2.75, 3.05) is 0 Å². The van der Waals surface area contributed by atoms with Gasteiger partial charge in [0.2, 0.25) is 0 Å². The maximum absolute atomic E-state index is 12.5. The van der Waals surface area contributed by atoms with Gasteiger partial charge in [0, 0.05) is 12.8 Å². The van der Waals surface area contributed by atoms with E-state index in [1.54, 1.807) is 0 Å². The Hall–Kier alpha value is -1.32. The minimum Gasteiger partial charge on any atom is -0.481 e. The Balaban J connectivity index is 3.83. The molecule has 0 bridgehead atoms. The lowest BCUT2D eigenvalue weighted by atomic mass is 10.0. The summed E-state index contributed by atoms with van der Waals surface area (Å²) >= 11 is 0. The highest BCUT2D eigenvalue weighted by Crippen LogP contribution is 2.18. The lowest BCUT2D eigenvalue weighted by molar-refractivity contribution is -0.150. The average Bonchev–Trinajstić information content (AvgIpc) is 2.93. The number of carbonyl (C=O) groups is 2. The van der Waals surface area contributed by atoms with Crippen LogP contribution < -0.4 is 0 Å². The van der Waals surface area contributed by atoms with Crippen LogP contribution in [0, 0.1) is 0 Å². The molecule has 4 heteroatoms. The number of aliphatic carboxylic acids is 1. The molecule has 0 rings (SSSR count). The predicted octanol–water partition coefficient (Wildman–Crippen LogP) is 11.9. The van der Waals surface area contributed by atoms with E-state index in [1.165, 1.54) is 116 Å². The van der Waals surface area contributed by atoms with Crippen molar-refractivity contribution in [3.8, 4) is 0 Å². The maximum atomic E-state index is 12.5. The summed E-state index contributed by atoms with van der Waals surface area (Å²) in [4.78, 5) is 23.2. The largest absolute Gasteiger partial charge is 0.481 e. The topological polar surface area (TPSA) is 63.6 Å². The molecule has 236 valence electrons. The first kappa shape index (κ1) is 38.7. The third-order valence-corrected chi connectivity index (χ3v) is 7.99. The number of hydrogen-bond acceptors (Lipinski definition) is 3. The normalized spacial score (nSPS) is 12.2. The van der Waals surface area contributed by atoms with Crippen LogP contribution in [0.25, 0.3) is 0 Å². The van der Waals surface area contributed by atoms with Gasteiger partial charge in [-0.15, -0.1) is 0 Å². The minimum absolute atomic E-state index is 0.0189. The van der Waals surface area contributed by atoms with Gasteiger partial charge in [-0.25, -0.2) is 0 Å². The van der Waals surface area contributed by atoms with Gasteiger partial charge < -0.3 is 9.84 Å². The van der Waals surface area contributed by atoms with Crippen LogP contribution in [-0.2, 0) is 14.3 Å². The van der Waals surface area contributed by atoms with E-state index in [4.69, 9.17) is 9.84 Å². The molecule has 0 aromatic carbocycles. The van der Waals surface area contributed by atoms with Crippen LogP contribution in [0.4, 0.5) is 0 Å². The summed E-state index contributed by atoms with van der Waals surface area (Å²) < 4.78 is 5.91. The molecule has 0 aliphatic heterocycles. The first-order chi connectivity index (χ1) is 19.6. The summed E-state index contributed by atoms with van der Waals surface area (Å²) in [5, 5.41) is 8.79. The number of ether oxygens (including phenoxy) is 1. The van der Waals surface area contributed by atoms with E-state index in [0.717, 1.165) is 57.8 Å². The Morgan fingerprint density at radius 2 is 0.900 bits per heavy atom. The fourth-order valence-corrected chi connectivity index (χ4v) is 5.35. The molecule has 4 nitrogen and oxygen atoms in total. The first-order valence-electron chi connectivity index (χ1n) is 17.7. The van der Waals surface area contributed by atoms with Gasteiger partial charge in [0.25, 0.3) is 0 Å². The number of allylic oxidation sites excluding steroid dienone is 2. The Morgan fingerprint density at radius 1 is 0.525 bits per heavy atom. The molecule has 0 amide bonds. The average molecular weight is 565 g/mol. The molecule has 0 saturated heterocycles. The molecule has 0 fully saturated rings. The van der Waals surface area contributed by atoms with Gasteiger partial charge in [-0.1, -0.05) is 135 Å². The smallest absolute Gasteiger partial charge is 0.306 e. The lowest BCUT2D eigenvalue weighted by Gasteiger charge is -2.18. The van der Waals surface area contributed by atoms with Crippen molar-refractivity contribution in [1.29, 1.82) is 0 Å². The van der Waals surface area contributed by atoms with Gasteiger partial charge in [-0.2, -0.15) is 0 Å². The number of esters is 1. The second-order valence-corrected chi connectivity index (χ2v) is 12.1. The standard InChI is InChI=1S/C36H68O4/c1-3-5-7-9-11-12-13-14-15-16-17-18-19-20-21-23-29-33-36(39)40-34(30-26-22-10-8-6-4-2)31-27-24-25-28-32-35(37)38/h14-15,34H,3-13,16-33H2,1-2H3,(H,37,38)/b15-14-. The van der Waals surface area contributed by atoms with E-state index < -0.39 is 5.97 Å². The van der Waals surface area contributed by atoms with Gasteiger partial charge in [-0.05, 0) is 64.2 Å². The predicted molar refractivity (Wildman–Crippen MR) is 172 cm³/mol. The zero-order chi connectivity index (χ0) is 29.4. The van der Waals surface area contributed by atoms with Crippen molar-refractivity contribution in [3.63, 3.8) is 0 Å². The maximum Gasteiger partial charge on any atom is 0.306 e. The molecule has 0 heterocycles. The molecule has 1 unspecified atom stereocenters. The van der Waals surface area contributed by atoms with E-state index >= 15 is 0 Å². The zero-order valence-electron chi connectivity index (χ0n) is 26.9. The fraction of sp³-hybridized carbons (Fsp3) is 0.889. The van der Waals surface area contributed by atoms with E-state index in [9.17, 15) is 9.59 Å². The highest BCUT2D eigenvalue weighted by atomic mass is 16.5. The molecule has 0 aliphatic carbocycles. The van der Waals surface area contributed by atoms with E-state index in [2.05, 4.69) is 26.0 Å². The van der Waals surface area contributed by atoms with Gasteiger partial charge in [0.05, 0.1) is 0 Å². The number of carboxylic acids is 1.